The highest BCUT2D eigenvalue weighted by Gasteiger charge is 2.55. The summed E-state index contributed by atoms with van der Waals surface area (Å²) >= 11 is 0. The van der Waals surface area contributed by atoms with E-state index < -0.39 is 12.0 Å². The molecule has 1 N–H and O–H groups in total. The average molecular weight is 395 g/mol. The Bertz CT molecular complexity index is 783. The number of hydrogen-bond acceptors (Lipinski definition) is 3. The zero-order valence-corrected chi connectivity index (χ0v) is 17.3. The minimum Gasteiger partial charge on any atom is -0.387 e. The van der Waals surface area contributed by atoms with Crippen LogP contribution in [0.15, 0.2) is 60.7 Å². The smallest absolute Gasteiger partial charge is 0.248 e. The van der Waals surface area contributed by atoms with Crippen molar-refractivity contribution in [2.45, 2.75) is 25.7 Å². The van der Waals surface area contributed by atoms with E-state index in [2.05, 4.69) is 0 Å². The summed E-state index contributed by atoms with van der Waals surface area (Å²) in [5.74, 6) is -0.117. The van der Waals surface area contributed by atoms with Gasteiger partial charge < -0.3 is 14.9 Å². The molecule has 1 fully saturated rings. The molecule has 154 valence electrons. The Morgan fingerprint density at radius 2 is 1.62 bits per heavy atom. The van der Waals surface area contributed by atoms with Crippen molar-refractivity contribution < 1.29 is 14.7 Å². The second-order valence-corrected chi connectivity index (χ2v) is 7.50. The third-order valence-electron chi connectivity index (χ3n) is 6.13. The molecule has 0 radical (unpaired) electrons. The van der Waals surface area contributed by atoms with Crippen LogP contribution in [0, 0.1) is 5.92 Å². The Balaban J connectivity index is 2.07. The second-order valence-electron chi connectivity index (χ2n) is 7.50. The van der Waals surface area contributed by atoms with Crippen LogP contribution in [0.25, 0.3) is 0 Å². The normalized spacial score (nSPS) is 18.1. The van der Waals surface area contributed by atoms with E-state index in [1.54, 1.807) is 4.90 Å². The lowest BCUT2D eigenvalue weighted by molar-refractivity contribution is -0.134. The highest BCUT2D eigenvalue weighted by molar-refractivity contribution is 5.94. The molecule has 1 heterocycles. The van der Waals surface area contributed by atoms with Crippen molar-refractivity contribution in [3.8, 4) is 0 Å². The van der Waals surface area contributed by atoms with Gasteiger partial charge in [0.25, 0.3) is 0 Å². The van der Waals surface area contributed by atoms with Crippen molar-refractivity contribution in [1.82, 2.24) is 9.80 Å². The number of hydrogen-bond donors (Lipinski definition) is 1. The van der Waals surface area contributed by atoms with Crippen LogP contribution in [-0.2, 0) is 15.0 Å². The molecule has 0 saturated carbocycles. The summed E-state index contributed by atoms with van der Waals surface area (Å²) in [5, 5.41) is 9.26. The van der Waals surface area contributed by atoms with Crippen LogP contribution >= 0.6 is 0 Å². The van der Waals surface area contributed by atoms with E-state index in [0.29, 0.717) is 32.6 Å². The maximum atomic E-state index is 13.8. The summed E-state index contributed by atoms with van der Waals surface area (Å²) in [7, 11) is 0. The minimum absolute atomic E-state index is 0.0280. The quantitative estimate of drug-likeness (QED) is 0.749. The number of amides is 2. The number of aliphatic hydroxyl groups is 1. The Kier molecular flexibility index (Phi) is 6.70. The largest absolute Gasteiger partial charge is 0.387 e. The average Bonchev–Trinajstić information content (AvgIpc) is 3.07. The SMILES string of the molecule is CCN(CCC1CN(CC)C(=O)C1(c1ccccc1)c1ccccc1)C(=O)CO. The van der Waals surface area contributed by atoms with Gasteiger partial charge in [-0.25, -0.2) is 0 Å². The van der Waals surface area contributed by atoms with Gasteiger partial charge in [-0.15, -0.1) is 0 Å². The maximum absolute atomic E-state index is 13.8. The predicted octanol–water partition coefficient (Wildman–Crippen LogP) is 2.68. The van der Waals surface area contributed by atoms with Gasteiger partial charge in [0, 0.05) is 32.1 Å². The van der Waals surface area contributed by atoms with Crippen LogP contribution in [0.3, 0.4) is 0 Å². The van der Waals surface area contributed by atoms with Crippen LogP contribution in [0.1, 0.15) is 31.4 Å². The molecule has 1 unspecified atom stereocenters. The Morgan fingerprint density at radius 1 is 1.07 bits per heavy atom. The third kappa shape index (κ3) is 3.79. The van der Waals surface area contributed by atoms with Crippen LogP contribution in [0.2, 0.25) is 0 Å². The Labute approximate surface area is 172 Å². The predicted molar refractivity (Wildman–Crippen MR) is 113 cm³/mol. The summed E-state index contributed by atoms with van der Waals surface area (Å²) in [6, 6.07) is 20.0. The number of rotatable bonds is 8. The van der Waals surface area contributed by atoms with Gasteiger partial charge in [-0.05, 0) is 31.4 Å². The number of nitrogens with zero attached hydrogens (tertiary/aromatic N) is 2. The van der Waals surface area contributed by atoms with E-state index >= 15 is 0 Å². The third-order valence-corrected chi connectivity index (χ3v) is 6.13. The van der Waals surface area contributed by atoms with Gasteiger partial charge in [-0.2, -0.15) is 0 Å². The summed E-state index contributed by atoms with van der Waals surface area (Å²) in [4.78, 5) is 29.4. The number of likely N-dealkylation sites (N-methyl/N-ethyl adjacent to an activating group) is 2. The van der Waals surface area contributed by atoms with E-state index in [-0.39, 0.29) is 17.7 Å². The summed E-state index contributed by atoms with van der Waals surface area (Å²) < 4.78 is 0. The molecular weight excluding hydrogens is 364 g/mol. The van der Waals surface area contributed by atoms with Gasteiger partial charge in [-0.1, -0.05) is 60.7 Å². The fourth-order valence-corrected chi connectivity index (χ4v) is 4.65. The number of benzene rings is 2. The molecule has 2 amide bonds. The lowest BCUT2D eigenvalue weighted by Crippen LogP contribution is -2.43. The Hall–Kier alpha value is -2.66. The molecule has 29 heavy (non-hydrogen) atoms. The van der Waals surface area contributed by atoms with Crippen LogP contribution in [0.5, 0.6) is 0 Å². The number of carbonyl (C=O) groups excluding carboxylic acids is 2. The number of likely N-dealkylation sites (tertiary alicyclic amines) is 1. The van der Waals surface area contributed by atoms with Crippen LogP contribution in [0.4, 0.5) is 0 Å². The van der Waals surface area contributed by atoms with Crippen molar-refractivity contribution in [3.63, 3.8) is 0 Å². The van der Waals surface area contributed by atoms with Crippen LogP contribution in [-0.4, -0.2) is 59.5 Å². The van der Waals surface area contributed by atoms with Crippen LogP contribution < -0.4 is 0 Å². The van der Waals surface area contributed by atoms with E-state index in [1.165, 1.54) is 0 Å². The lowest BCUT2D eigenvalue weighted by Gasteiger charge is -2.35. The van der Waals surface area contributed by atoms with Gasteiger partial charge in [0.15, 0.2) is 0 Å². The Morgan fingerprint density at radius 3 is 2.07 bits per heavy atom. The molecule has 2 aromatic carbocycles. The highest BCUT2D eigenvalue weighted by atomic mass is 16.3. The van der Waals surface area contributed by atoms with Crippen molar-refractivity contribution in [2.24, 2.45) is 5.92 Å². The first-order chi connectivity index (χ1) is 14.1. The molecule has 0 bridgehead atoms. The topological polar surface area (TPSA) is 60.9 Å². The number of carbonyl (C=O) groups is 2. The van der Waals surface area contributed by atoms with Gasteiger partial charge in [-0.3, -0.25) is 9.59 Å². The first kappa shape index (κ1) is 21.1. The standard InChI is InChI=1S/C24H30N2O3/c1-3-25(22(28)18-27)16-15-21-17-26(4-2)23(29)24(21,19-11-7-5-8-12-19)20-13-9-6-10-14-20/h5-14,21,27H,3-4,15-18H2,1-2H3. The number of aliphatic hydroxyl groups excluding tert-OH is 1. The molecular formula is C24H30N2O3. The fraction of sp³-hybridized carbons (Fsp3) is 0.417. The van der Waals surface area contributed by atoms with Crippen molar-refractivity contribution in [1.29, 1.82) is 0 Å². The molecule has 0 spiro atoms. The second kappa shape index (κ2) is 9.23. The van der Waals surface area contributed by atoms with Gasteiger partial charge in [0.2, 0.25) is 11.8 Å². The molecule has 1 aliphatic heterocycles. The molecule has 1 atom stereocenters. The van der Waals surface area contributed by atoms with Gasteiger partial charge >= 0.3 is 0 Å². The molecule has 0 aromatic heterocycles. The molecule has 2 aromatic rings. The molecule has 0 aliphatic carbocycles. The molecule has 5 nitrogen and oxygen atoms in total. The van der Waals surface area contributed by atoms with E-state index in [9.17, 15) is 14.7 Å². The minimum atomic E-state index is -0.764. The summed E-state index contributed by atoms with van der Waals surface area (Å²) in [5.41, 5.74) is 1.22. The highest BCUT2D eigenvalue weighted by Crippen LogP contribution is 2.47. The van der Waals surface area contributed by atoms with E-state index in [4.69, 9.17) is 0 Å². The van der Waals surface area contributed by atoms with Gasteiger partial charge in [0.1, 0.15) is 12.0 Å². The molecule has 3 rings (SSSR count). The maximum Gasteiger partial charge on any atom is 0.248 e. The van der Waals surface area contributed by atoms with Gasteiger partial charge in [0.05, 0.1) is 0 Å². The fourth-order valence-electron chi connectivity index (χ4n) is 4.65. The van der Waals surface area contributed by atoms with E-state index in [1.807, 2.05) is 79.4 Å². The monoisotopic (exact) mass is 394 g/mol. The zero-order valence-electron chi connectivity index (χ0n) is 17.3. The summed E-state index contributed by atoms with van der Waals surface area (Å²) in [6.07, 6.45) is 0.686. The zero-order chi connectivity index (χ0) is 20.9. The first-order valence-corrected chi connectivity index (χ1v) is 10.4. The lowest BCUT2D eigenvalue weighted by atomic mass is 9.66. The molecule has 1 saturated heterocycles. The summed E-state index contributed by atoms with van der Waals surface area (Å²) in [6.45, 7) is 5.81. The van der Waals surface area contributed by atoms with Crippen molar-refractivity contribution in [2.75, 3.05) is 32.8 Å². The van der Waals surface area contributed by atoms with Crippen molar-refractivity contribution >= 4 is 11.8 Å². The first-order valence-electron chi connectivity index (χ1n) is 10.4. The molecule has 5 heteroatoms. The molecule has 1 aliphatic rings. The van der Waals surface area contributed by atoms with E-state index in [0.717, 1.165) is 11.1 Å². The van der Waals surface area contributed by atoms with Crippen molar-refractivity contribution in [3.05, 3.63) is 71.8 Å².